The van der Waals surface area contributed by atoms with Crippen LogP contribution in [0.15, 0.2) is 23.5 Å². The van der Waals surface area contributed by atoms with Crippen molar-refractivity contribution in [3.05, 3.63) is 35.5 Å². The minimum atomic E-state index is -3.76. The van der Waals surface area contributed by atoms with E-state index in [0.29, 0.717) is 11.5 Å². The molecule has 0 aliphatic rings. The van der Waals surface area contributed by atoms with Gasteiger partial charge in [-0.25, -0.2) is 23.1 Å². The zero-order valence-corrected chi connectivity index (χ0v) is 11.0. The van der Waals surface area contributed by atoms with Crippen molar-refractivity contribution in [2.24, 2.45) is 0 Å². The molecular formula is C10H13N5O3S. The quantitative estimate of drug-likeness (QED) is 0.679. The fraction of sp³-hybridized carbons (Fsp3) is 0.300. The summed E-state index contributed by atoms with van der Waals surface area (Å²) >= 11 is 0. The third-order valence-electron chi connectivity index (χ3n) is 2.39. The molecule has 0 amide bonds. The Morgan fingerprint density at radius 2 is 2.26 bits per heavy atom. The van der Waals surface area contributed by atoms with Crippen LogP contribution in [-0.2, 0) is 23.2 Å². The number of H-pyrrole nitrogens is 1. The monoisotopic (exact) mass is 283 g/mol. The number of hydrogen-bond donors (Lipinski definition) is 3. The lowest BCUT2D eigenvalue weighted by Gasteiger charge is -2.06. The molecule has 0 saturated heterocycles. The van der Waals surface area contributed by atoms with E-state index in [2.05, 4.69) is 24.9 Å². The molecule has 2 heterocycles. The SMILES string of the molecule is Cc1nccc(CNS(=O)(=O)c2[nH]ncc2CO)n1. The Kier molecular flexibility index (Phi) is 3.88. The zero-order chi connectivity index (χ0) is 13.9. The Hall–Kier alpha value is -1.84. The van der Waals surface area contributed by atoms with Crippen LogP contribution in [0.25, 0.3) is 0 Å². The molecule has 2 rings (SSSR count). The molecule has 0 aliphatic heterocycles. The molecule has 2 aromatic heterocycles. The second-order valence-corrected chi connectivity index (χ2v) is 5.51. The van der Waals surface area contributed by atoms with Gasteiger partial charge in [0.05, 0.1) is 25.0 Å². The van der Waals surface area contributed by atoms with Crippen LogP contribution in [0, 0.1) is 6.92 Å². The van der Waals surface area contributed by atoms with E-state index in [1.165, 1.54) is 6.20 Å². The van der Waals surface area contributed by atoms with Gasteiger partial charge in [-0.3, -0.25) is 5.10 Å². The van der Waals surface area contributed by atoms with Crippen molar-refractivity contribution in [3.63, 3.8) is 0 Å². The highest BCUT2D eigenvalue weighted by Crippen LogP contribution is 2.11. The predicted octanol–water partition coefficient (Wildman–Crippen LogP) is -0.521. The van der Waals surface area contributed by atoms with Crippen LogP contribution in [-0.4, -0.2) is 33.7 Å². The molecule has 0 aromatic carbocycles. The normalized spacial score (nSPS) is 11.7. The van der Waals surface area contributed by atoms with Gasteiger partial charge in [-0.1, -0.05) is 0 Å². The Labute approximate surface area is 110 Å². The zero-order valence-electron chi connectivity index (χ0n) is 10.2. The molecule has 102 valence electrons. The van der Waals surface area contributed by atoms with Gasteiger partial charge in [-0.05, 0) is 13.0 Å². The van der Waals surface area contributed by atoms with Crippen molar-refractivity contribution in [1.82, 2.24) is 24.9 Å². The number of nitrogens with one attached hydrogen (secondary N) is 2. The first-order valence-electron chi connectivity index (χ1n) is 5.44. The third-order valence-corrected chi connectivity index (χ3v) is 3.81. The molecule has 0 atom stereocenters. The van der Waals surface area contributed by atoms with Crippen LogP contribution >= 0.6 is 0 Å². The van der Waals surface area contributed by atoms with Crippen molar-refractivity contribution in [2.75, 3.05) is 0 Å². The predicted molar refractivity (Wildman–Crippen MR) is 65.3 cm³/mol. The number of aliphatic hydroxyl groups is 1. The first-order valence-corrected chi connectivity index (χ1v) is 6.92. The van der Waals surface area contributed by atoms with Crippen molar-refractivity contribution < 1.29 is 13.5 Å². The average molecular weight is 283 g/mol. The largest absolute Gasteiger partial charge is 0.392 e. The maximum Gasteiger partial charge on any atom is 0.258 e. The van der Waals surface area contributed by atoms with E-state index in [9.17, 15) is 8.42 Å². The van der Waals surface area contributed by atoms with Gasteiger partial charge in [0.25, 0.3) is 10.0 Å². The molecule has 0 saturated carbocycles. The van der Waals surface area contributed by atoms with Gasteiger partial charge in [0.2, 0.25) is 0 Å². The number of aliphatic hydroxyl groups excluding tert-OH is 1. The second kappa shape index (κ2) is 5.43. The average Bonchev–Trinajstić information content (AvgIpc) is 2.86. The van der Waals surface area contributed by atoms with Crippen molar-refractivity contribution >= 4 is 10.0 Å². The van der Waals surface area contributed by atoms with Crippen molar-refractivity contribution in [1.29, 1.82) is 0 Å². The molecule has 8 nitrogen and oxygen atoms in total. The Bertz CT molecular complexity index is 667. The van der Waals surface area contributed by atoms with E-state index in [1.54, 1.807) is 19.2 Å². The Balaban J connectivity index is 2.14. The fourth-order valence-electron chi connectivity index (χ4n) is 1.49. The van der Waals surface area contributed by atoms with E-state index in [0.717, 1.165) is 0 Å². The smallest absolute Gasteiger partial charge is 0.258 e. The highest BCUT2D eigenvalue weighted by molar-refractivity contribution is 7.89. The number of sulfonamides is 1. The van der Waals surface area contributed by atoms with Crippen LogP contribution in [0.2, 0.25) is 0 Å². The van der Waals surface area contributed by atoms with Crippen LogP contribution in [0.5, 0.6) is 0 Å². The number of hydrogen-bond acceptors (Lipinski definition) is 6. The van der Waals surface area contributed by atoms with Gasteiger partial charge in [0.15, 0.2) is 5.03 Å². The van der Waals surface area contributed by atoms with Gasteiger partial charge < -0.3 is 5.11 Å². The highest BCUT2D eigenvalue weighted by atomic mass is 32.2. The van der Waals surface area contributed by atoms with Crippen LogP contribution in [0.3, 0.4) is 0 Å². The molecule has 0 spiro atoms. The van der Waals surface area contributed by atoms with Crippen LogP contribution in [0.1, 0.15) is 17.1 Å². The molecule has 3 N–H and O–H groups in total. The number of rotatable bonds is 5. The fourth-order valence-corrected chi connectivity index (χ4v) is 2.61. The Morgan fingerprint density at radius 1 is 1.47 bits per heavy atom. The summed E-state index contributed by atoms with van der Waals surface area (Å²) in [4.78, 5) is 8.01. The first-order chi connectivity index (χ1) is 9.03. The summed E-state index contributed by atoms with van der Waals surface area (Å²) < 4.78 is 26.4. The lowest BCUT2D eigenvalue weighted by molar-refractivity contribution is 0.278. The van der Waals surface area contributed by atoms with Gasteiger partial charge in [-0.15, -0.1) is 0 Å². The summed E-state index contributed by atoms with van der Waals surface area (Å²) in [7, 11) is -3.76. The van der Waals surface area contributed by atoms with Gasteiger partial charge in [0.1, 0.15) is 5.82 Å². The molecule has 19 heavy (non-hydrogen) atoms. The summed E-state index contributed by atoms with van der Waals surface area (Å²) in [5.74, 6) is 0.564. The van der Waals surface area contributed by atoms with Crippen molar-refractivity contribution in [2.45, 2.75) is 25.1 Å². The molecule has 0 unspecified atom stereocenters. The summed E-state index contributed by atoms with van der Waals surface area (Å²) in [6.45, 7) is 1.35. The van der Waals surface area contributed by atoms with Gasteiger partial charge >= 0.3 is 0 Å². The minimum Gasteiger partial charge on any atom is -0.392 e. The molecule has 2 aromatic rings. The number of aromatic amines is 1. The number of nitrogens with zero attached hydrogens (tertiary/aromatic N) is 3. The lowest BCUT2D eigenvalue weighted by atomic mass is 10.4. The summed E-state index contributed by atoms with van der Waals surface area (Å²) in [6.07, 6.45) is 2.82. The molecule has 9 heteroatoms. The molecule has 0 fully saturated rings. The van der Waals surface area contributed by atoms with E-state index < -0.39 is 16.6 Å². The standard InChI is InChI=1S/C10H13N5O3S/c1-7-11-3-2-9(14-7)5-13-19(17,18)10-8(6-16)4-12-15-10/h2-4,13,16H,5-6H2,1H3,(H,12,15). The molecular weight excluding hydrogens is 270 g/mol. The number of aromatic nitrogens is 4. The summed E-state index contributed by atoms with van der Waals surface area (Å²) in [5, 5.41) is 14.8. The maximum atomic E-state index is 12.0. The number of aryl methyl sites for hydroxylation is 1. The summed E-state index contributed by atoms with van der Waals surface area (Å²) in [6, 6.07) is 1.62. The van der Waals surface area contributed by atoms with Crippen LogP contribution in [0.4, 0.5) is 0 Å². The van der Waals surface area contributed by atoms with E-state index in [-0.39, 0.29) is 17.1 Å². The topological polar surface area (TPSA) is 121 Å². The molecule has 0 radical (unpaired) electrons. The Morgan fingerprint density at radius 3 is 2.95 bits per heavy atom. The summed E-state index contributed by atoms with van der Waals surface area (Å²) in [5.41, 5.74) is 0.771. The highest BCUT2D eigenvalue weighted by Gasteiger charge is 2.20. The van der Waals surface area contributed by atoms with E-state index >= 15 is 0 Å². The molecule has 0 aliphatic carbocycles. The minimum absolute atomic E-state index is 0.0373. The van der Waals surface area contributed by atoms with Crippen molar-refractivity contribution in [3.8, 4) is 0 Å². The van der Waals surface area contributed by atoms with E-state index in [4.69, 9.17) is 5.11 Å². The van der Waals surface area contributed by atoms with E-state index in [1.807, 2.05) is 0 Å². The third kappa shape index (κ3) is 3.13. The van der Waals surface area contributed by atoms with Crippen LogP contribution < -0.4 is 4.72 Å². The second-order valence-electron chi connectivity index (χ2n) is 3.80. The first kappa shape index (κ1) is 13.6. The molecule has 0 bridgehead atoms. The van der Waals surface area contributed by atoms with Gasteiger partial charge in [0, 0.05) is 11.8 Å². The maximum absolute atomic E-state index is 12.0. The lowest BCUT2D eigenvalue weighted by Crippen LogP contribution is -2.25. The van der Waals surface area contributed by atoms with Gasteiger partial charge in [-0.2, -0.15) is 5.10 Å².